The van der Waals surface area contributed by atoms with E-state index in [1.54, 1.807) is 0 Å². The SMILES string of the molecule is CCCc1ccc2c(c1)CCc1cc(C#Cc3cc(F)cc(F)c3)ccc1-2. The van der Waals surface area contributed by atoms with Crippen LogP contribution in [-0.4, -0.2) is 0 Å². The van der Waals surface area contributed by atoms with Crippen molar-refractivity contribution in [1.29, 1.82) is 0 Å². The number of halogens is 2. The zero-order valence-corrected chi connectivity index (χ0v) is 15.3. The summed E-state index contributed by atoms with van der Waals surface area (Å²) >= 11 is 0. The van der Waals surface area contributed by atoms with Crippen molar-refractivity contribution < 1.29 is 8.78 Å². The van der Waals surface area contributed by atoms with Crippen LogP contribution in [0.2, 0.25) is 0 Å². The largest absolute Gasteiger partial charge is 0.207 e. The molecule has 0 fully saturated rings. The molecule has 4 rings (SSSR count). The summed E-state index contributed by atoms with van der Waals surface area (Å²) < 4.78 is 26.6. The second-order valence-electron chi connectivity index (χ2n) is 7.02. The van der Waals surface area contributed by atoms with Gasteiger partial charge in [-0.3, -0.25) is 0 Å². The lowest BCUT2D eigenvalue weighted by molar-refractivity contribution is 0.582. The molecule has 0 saturated heterocycles. The lowest BCUT2D eigenvalue weighted by Crippen LogP contribution is -2.05. The van der Waals surface area contributed by atoms with Crippen LogP contribution in [0.4, 0.5) is 8.78 Å². The average Bonchev–Trinajstić information content (AvgIpc) is 2.65. The standard InChI is InChI=1S/C25H20F2/c1-2-3-17-6-10-24-20(12-17)8-9-21-13-18(7-11-25(21)24)4-5-19-14-22(26)16-23(27)15-19/h6-7,10-16H,2-3,8-9H2,1H3. The third-order valence-corrected chi connectivity index (χ3v) is 4.98. The van der Waals surface area contributed by atoms with Gasteiger partial charge in [-0.05, 0) is 71.3 Å². The molecule has 0 saturated carbocycles. The summed E-state index contributed by atoms with van der Waals surface area (Å²) in [4.78, 5) is 0. The molecule has 0 nitrogen and oxygen atoms in total. The van der Waals surface area contributed by atoms with Crippen molar-refractivity contribution in [3.05, 3.63) is 94.0 Å². The summed E-state index contributed by atoms with van der Waals surface area (Å²) in [5.74, 6) is 4.68. The van der Waals surface area contributed by atoms with Crippen molar-refractivity contribution >= 4 is 0 Å². The van der Waals surface area contributed by atoms with Crippen molar-refractivity contribution in [3.63, 3.8) is 0 Å². The van der Waals surface area contributed by atoms with Gasteiger partial charge in [0.05, 0.1) is 0 Å². The average molecular weight is 358 g/mol. The van der Waals surface area contributed by atoms with Gasteiger partial charge in [0.15, 0.2) is 0 Å². The Morgan fingerprint density at radius 1 is 0.741 bits per heavy atom. The molecule has 3 aromatic carbocycles. The second-order valence-corrected chi connectivity index (χ2v) is 7.02. The predicted octanol–water partition coefficient (Wildman–Crippen LogP) is 6.08. The smallest absolute Gasteiger partial charge is 0.127 e. The van der Waals surface area contributed by atoms with E-state index in [9.17, 15) is 8.78 Å². The quantitative estimate of drug-likeness (QED) is 0.487. The maximum Gasteiger partial charge on any atom is 0.127 e. The molecule has 134 valence electrons. The number of hydrogen-bond donors (Lipinski definition) is 0. The molecule has 0 bridgehead atoms. The van der Waals surface area contributed by atoms with Crippen molar-refractivity contribution in [2.24, 2.45) is 0 Å². The number of benzene rings is 3. The highest BCUT2D eigenvalue weighted by Gasteiger charge is 2.16. The summed E-state index contributed by atoms with van der Waals surface area (Å²) in [6, 6.07) is 16.3. The Labute approximate surface area is 158 Å². The van der Waals surface area contributed by atoms with Crippen LogP contribution in [0.1, 0.15) is 41.2 Å². The first-order valence-electron chi connectivity index (χ1n) is 9.35. The molecule has 0 aromatic heterocycles. The van der Waals surface area contributed by atoms with Crippen LogP contribution < -0.4 is 0 Å². The normalized spacial score (nSPS) is 12.0. The summed E-state index contributed by atoms with van der Waals surface area (Å²) in [5, 5.41) is 0. The molecule has 0 radical (unpaired) electrons. The minimum atomic E-state index is -0.608. The van der Waals surface area contributed by atoms with Gasteiger partial charge in [0.2, 0.25) is 0 Å². The van der Waals surface area contributed by atoms with Crippen molar-refractivity contribution in [1.82, 2.24) is 0 Å². The van der Waals surface area contributed by atoms with Crippen LogP contribution >= 0.6 is 0 Å². The Kier molecular flexibility index (Phi) is 4.77. The van der Waals surface area contributed by atoms with Gasteiger partial charge in [0.25, 0.3) is 0 Å². The van der Waals surface area contributed by atoms with E-state index in [-0.39, 0.29) is 0 Å². The molecule has 2 heteroatoms. The van der Waals surface area contributed by atoms with Crippen LogP contribution in [0.5, 0.6) is 0 Å². The van der Waals surface area contributed by atoms with E-state index in [4.69, 9.17) is 0 Å². The fraction of sp³-hybridized carbons (Fsp3) is 0.200. The van der Waals surface area contributed by atoms with E-state index in [1.807, 2.05) is 6.07 Å². The molecule has 0 aliphatic heterocycles. The topological polar surface area (TPSA) is 0 Å². The maximum absolute atomic E-state index is 13.3. The lowest BCUT2D eigenvalue weighted by atomic mass is 9.84. The second kappa shape index (κ2) is 7.37. The van der Waals surface area contributed by atoms with Crippen LogP contribution in [-0.2, 0) is 19.3 Å². The maximum atomic E-state index is 13.3. The Morgan fingerprint density at radius 3 is 2.07 bits per heavy atom. The summed E-state index contributed by atoms with van der Waals surface area (Å²) in [6.45, 7) is 2.20. The molecule has 0 amide bonds. The number of aryl methyl sites for hydroxylation is 3. The van der Waals surface area contributed by atoms with Crippen LogP contribution in [0.15, 0.2) is 54.6 Å². The Hall–Kier alpha value is -2.92. The Morgan fingerprint density at radius 2 is 1.37 bits per heavy atom. The highest BCUT2D eigenvalue weighted by atomic mass is 19.1. The highest BCUT2D eigenvalue weighted by Crippen LogP contribution is 2.34. The monoisotopic (exact) mass is 358 g/mol. The first kappa shape index (κ1) is 17.5. The number of hydrogen-bond acceptors (Lipinski definition) is 0. The first-order valence-corrected chi connectivity index (χ1v) is 9.35. The highest BCUT2D eigenvalue weighted by molar-refractivity contribution is 5.74. The fourth-order valence-electron chi connectivity index (χ4n) is 3.74. The van der Waals surface area contributed by atoms with Crippen LogP contribution in [0, 0.1) is 23.5 Å². The molecular weight excluding hydrogens is 338 g/mol. The van der Waals surface area contributed by atoms with Crippen molar-refractivity contribution in [2.45, 2.75) is 32.6 Å². The third kappa shape index (κ3) is 3.78. The summed E-state index contributed by atoms with van der Waals surface area (Å²) in [5.41, 5.74) is 7.89. The van der Waals surface area contributed by atoms with Crippen molar-refractivity contribution in [3.8, 4) is 23.0 Å². The van der Waals surface area contributed by atoms with Gasteiger partial charge in [-0.25, -0.2) is 8.78 Å². The van der Waals surface area contributed by atoms with E-state index >= 15 is 0 Å². The van der Waals surface area contributed by atoms with E-state index in [2.05, 4.69) is 49.1 Å². The number of fused-ring (bicyclic) bond motifs is 3. The molecule has 0 heterocycles. The van der Waals surface area contributed by atoms with E-state index in [0.717, 1.165) is 37.3 Å². The van der Waals surface area contributed by atoms with Gasteiger partial charge in [-0.2, -0.15) is 0 Å². The molecule has 0 unspecified atom stereocenters. The van der Waals surface area contributed by atoms with Gasteiger partial charge in [0, 0.05) is 17.2 Å². The molecule has 1 aliphatic rings. The first-order chi connectivity index (χ1) is 13.1. The van der Waals surface area contributed by atoms with Crippen LogP contribution in [0.3, 0.4) is 0 Å². The Balaban J connectivity index is 1.65. The van der Waals surface area contributed by atoms with E-state index in [1.165, 1.54) is 39.9 Å². The van der Waals surface area contributed by atoms with Gasteiger partial charge in [0.1, 0.15) is 11.6 Å². The molecule has 3 aromatic rings. The zero-order valence-electron chi connectivity index (χ0n) is 15.3. The third-order valence-electron chi connectivity index (χ3n) is 4.98. The molecule has 0 spiro atoms. The fourth-order valence-corrected chi connectivity index (χ4v) is 3.74. The molecule has 0 atom stereocenters. The van der Waals surface area contributed by atoms with Crippen LogP contribution in [0.25, 0.3) is 11.1 Å². The predicted molar refractivity (Wildman–Crippen MR) is 106 cm³/mol. The zero-order chi connectivity index (χ0) is 18.8. The molecular formula is C25H20F2. The van der Waals surface area contributed by atoms with E-state index < -0.39 is 11.6 Å². The van der Waals surface area contributed by atoms with Gasteiger partial charge >= 0.3 is 0 Å². The lowest BCUT2D eigenvalue weighted by Gasteiger charge is -2.21. The Bertz CT molecular complexity index is 1050. The minimum absolute atomic E-state index is 0.346. The van der Waals surface area contributed by atoms with Gasteiger partial charge in [-0.1, -0.05) is 49.5 Å². The summed E-state index contributed by atoms with van der Waals surface area (Å²) in [7, 11) is 0. The van der Waals surface area contributed by atoms with E-state index in [0.29, 0.717) is 5.56 Å². The summed E-state index contributed by atoms with van der Waals surface area (Å²) in [6.07, 6.45) is 4.30. The molecule has 27 heavy (non-hydrogen) atoms. The minimum Gasteiger partial charge on any atom is -0.207 e. The van der Waals surface area contributed by atoms with Gasteiger partial charge in [-0.15, -0.1) is 0 Å². The van der Waals surface area contributed by atoms with Crippen molar-refractivity contribution in [2.75, 3.05) is 0 Å². The molecule has 1 aliphatic carbocycles. The number of rotatable bonds is 2. The van der Waals surface area contributed by atoms with Gasteiger partial charge < -0.3 is 0 Å². The molecule has 0 N–H and O–H groups in total.